The van der Waals surface area contributed by atoms with Crippen LogP contribution in [0.15, 0.2) is 65.1 Å². The first-order chi connectivity index (χ1) is 11.7. The molecule has 0 unspecified atom stereocenters. The molecule has 0 aliphatic rings. The van der Waals surface area contributed by atoms with Crippen LogP contribution in [0.5, 0.6) is 0 Å². The first-order valence-electron chi connectivity index (χ1n) is 7.84. The molecule has 4 rings (SSSR count). The third-order valence-electron chi connectivity index (χ3n) is 4.45. The van der Waals surface area contributed by atoms with Crippen LogP contribution in [0.2, 0.25) is 0 Å². The van der Waals surface area contributed by atoms with Crippen LogP contribution >= 0.6 is 0 Å². The minimum absolute atomic E-state index is 0.657. The molecular weight excluding hydrogens is 296 g/mol. The summed E-state index contributed by atoms with van der Waals surface area (Å²) in [4.78, 5) is 2.08. The van der Waals surface area contributed by atoms with Crippen LogP contribution in [-0.2, 0) is 0 Å². The number of hydrogen-bond acceptors (Lipinski definition) is 3. The van der Waals surface area contributed by atoms with E-state index in [4.69, 9.17) is 9.68 Å². The minimum atomic E-state index is 0.657. The van der Waals surface area contributed by atoms with Crippen LogP contribution in [0.25, 0.3) is 21.9 Å². The molecule has 24 heavy (non-hydrogen) atoms. The van der Waals surface area contributed by atoms with Crippen LogP contribution in [0.3, 0.4) is 0 Å². The van der Waals surface area contributed by atoms with E-state index in [0.717, 1.165) is 38.9 Å². The van der Waals surface area contributed by atoms with Gasteiger partial charge in [0.25, 0.3) is 0 Å². The maximum absolute atomic E-state index is 8.95. The highest BCUT2D eigenvalue weighted by atomic mass is 16.3. The molecule has 0 aliphatic carbocycles. The molecule has 1 heterocycles. The maximum atomic E-state index is 8.95. The number of para-hydroxylation sites is 2. The van der Waals surface area contributed by atoms with Gasteiger partial charge in [-0.05, 0) is 42.8 Å². The summed E-state index contributed by atoms with van der Waals surface area (Å²) in [6.07, 6.45) is 0. The average molecular weight is 312 g/mol. The largest absolute Gasteiger partial charge is 0.454 e. The van der Waals surface area contributed by atoms with Crippen LogP contribution in [0.1, 0.15) is 11.1 Å². The molecular formula is C21H16N2O. The first kappa shape index (κ1) is 14.3. The van der Waals surface area contributed by atoms with E-state index in [1.54, 1.807) is 0 Å². The molecule has 0 N–H and O–H groups in total. The lowest BCUT2D eigenvalue weighted by Crippen LogP contribution is -2.09. The summed E-state index contributed by atoms with van der Waals surface area (Å²) in [5, 5.41) is 11.2. The Hall–Kier alpha value is -3.25. The van der Waals surface area contributed by atoms with Crippen LogP contribution in [0.4, 0.5) is 11.4 Å². The highest BCUT2D eigenvalue weighted by Crippen LogP contribution is 2.37. The van der Waals surface area contributed by atoms with Gasteiger partial charge in [0.2, 0.25) is 0 Å². The lowest BCUT2D eigenvalue weighted by molar-refractivity contribution is 0.665. The standard InChI is InChI=1S/C21H16N2O/c1-14-5-3-6-17-18-7-4-8-19(21(18)24-20(14)17)23(2)16-11-9-15(13-22)10-12-16/h3-12H,1-2H3. The average Bonchev–Trinajstić information content (AvgIpc) is 3.01. The first-order valence-corrected chi connectivity index (χ1v) is 7.84. The topological polar surface area (TPSA) is 40.2 Å². The second kappa shape index (κ2) is 5.43. The van der Waals surface area contributed by atoms with Crippen LogP contribution in [0, 0.1) is 18.3 Å². The lowest BCUT2D eigenvalue weighted by Gasteiger charge is -2.19. The molecule has 0 fully saturated rings. The van der Waals surface area contributed by atoms with E-state index >= 15 is 0 Å². The Morgan fingerprint density at radius 3 is 2.25 bits per heavy atom. The SMILES string of the molecule is Cc1cccc2c1oc1c(N(C)c3ccc(C#N)cc3)cccc12. The summed E-state index contributed by atoms with van der Waals surface area (Å²) in [6, 6.07) is 22.1. The molecule has 3 aromatic carbocycles. The second-order valence-electron chi connectivity index (χ2n) is 5.93. The summed E-state index contributed by atoms with van der Waals surface area (Å²) >= 11 is 0. The Morgan fingerprint density at radius 1 is 0.875 bits per heavy atom. The van der Waals surface area contributed by atoms with Gasteiger partial charge in [-0.25, -0.2) is 0 Å². The summed E-state index contributed by atoms with van der Waals surface area (Å²) in [7, 11) is 2.01. The predicted molar refractivity (Wildman–Crippen MR) is 97.7 cm³/mol. The van der Waals surface area contributed by atoms with Crippen molar-refractivity contribution in [1.29, 1.82) is 5.26 Å². The lowest BCUT2D eigenvalue weighted by atomic mass is 10.1. The summed E-state index contributed by atoms with van der Waals surface area (Å²) in [5.41, 5.74) is 5.63. The number of furan rings is 1. The zero-order valence-electron chi connectivity index (χ0n) is 13.6. The van der Waals surface area contributed by atoms with Gasteiger partial charge in [0, 0.05) is 23.5 Å². The van der Waals surface area contributed by atoms with Gasteiger partial charge in [0.05, 0.1) is 17.3 Å². The van der Waals surface area contributed by atoms with Gasteiger partial charge in [-0.3, -0.25) is 0 Å². The van der Waals surface area contributed by atoms with Crippen molar-refractivity contribution in [2.24, 2.45) is 0 Å². The quantitative estimate of drug-likeness (QED) is 0.488. The minimum Gasteiger partial charge on any atom is -0.454 e. The highest BCUT2D eigenvalue weighted by Gasteiger charge is 2.15. The Labute approximate surface area is 140 Å². The molecule has 0 saturated carbocycles. The number of nitrogens with zero attached hydrogens (tertiary/aromatic N) is 2. The van der Waals surface area contributed by atoms with Gasteiger partial charge in [0.15, 0.2) is 5.58 Å². The zero-order chi connectivity index (χ0) is 16.7. The van der Waals surface area contributed by atoms with E-state index in [9.17, 15) is 0 Å². The molecule has 1 aromatic heterocycles. The summed E-state index contributed by atoms with van der Waals surface area (Å²) in [5.74, 6) is 0. The molecule has 3 heteroatoms. The molecule has 0 radical (unpaired) electrons. The number of fused-ring (bicyclic) bond motifs is 3. The predicted octanol–water partition coefficient (Wildman–Crippen LogP) is 5.53. The third-order valence-corrected chi connectivity index (χ3v) is 4.45. The van der Waals surface area contributed by atoms with Gasteiger partial charge in [0.1, 0.15) is 5.58 Å². The fourth-order valence-electron chi connectivity index (χ4n) is 3.11. The Kier molecular flexibility index (Phi) is 3.25. The van der Waals surface area contributed by atoms with E-state index < -0.39 is 0 Å². The van der Waals surface area contributed by atoms with Gasteiger partial charge >= 0.3 is 0 Å². The zero-order valence-corrected chi connectivity index (χ0v) is 13.6. The molecule has 0 saturated heterocycles. The van der Waals surface area contributed by atoms with Crippen molar-refractivity contribution >= 4 is 33.3 Å². The van der Waals surface area contributed by atoms with Crippen molar-refractivity contribution in [3.63, 3.8) is 0 Å². The van der Waals surface area contributed by atoms with E-state index in [1.807, 2.05) is 31.3 Å². The Balaban J connectivity index is 1.91. The molecule has 116 valence electrons. The molecule has 0 bridgehead atoms. The number of hydrogen-bond donors (Lipinski definition) is 0. The van der Waals surface area contributed by atoms with Crippen molar-refractivity contribution in [1.82, 2.24) is 0 Å². The normalized spacial score (nSPS) is 10.9. The fourth-order valence-corrected chi connectivity index (χ4v) is 3.11. The highest BCUT2D eigenvalue weighted by molar-refractivity contribution is 6.10. The monoisotopic (exact) mass is 312 g/mol. The molecule has 0 atom stereocenters. The molecule has 4 aromatic rings. The van der Waals surface area contributed by atoms with E-state index in [1.165, 1.54) is 0 Å². The number of anilines is 2. The molecule has 3 nitrogen and oxygen atoms in total. The Bertz CT molecular complexity index is 1080. The molecule has 0 aliphatic heterocycles. The maximum Gasteiger partial charge on any atom is 0.159 e. The Morgan fingerprint density at radius 2 is 1.54 bits per heavy atom. The van der Waals surface area contributed by atoms with Crippen molar-refractivity contribution < 1.29 is 4.42 Å². The van der Waals surface area contributed by atoms with Crippen LogP contribution < -0.4 is 4.90 Å². The van der Waals surface area contributed by atoms with Crippen molar-refractivity contribution in [2.75, 3.05) is 11.9 Å². The number of benzene rings is 3. The van der Waals surface area contributed by atoms with E-state index in [-0.39, 0.29) is 0 Å². The third kappa shape index (κ3) is 2.12. The molecule has 0 spiro atoms. The van der Waals surface area contributed by atoms with E-state index in [2.05, 4.69) is 54.3 Å². The fraction of sp³-hybridized carbons (Fsp3) is 0.0952. The van der Waals surface area contributed by atoms with Crippen molar-refractivity contribution in [3.05, 3.63) is 71.8 Å². The number of rotatable bonds is 2. The number of nitriles is 1. The summed E-state index contributed by atoms with van der Waals surface area (Å²) in [6.45, 7) is 2.06. The molecule has 0 amide bonds. The van der Waals surface area contributed by atoms with Crippen molar-refractivity contribution in [3.8, 4) is 6.07 Å². The van der Waals surface area contributed by atoms with Crippen molar-refractivity contribution in [2.45, 2.75) is 6.92 Å². The van der Waals surface area contributed by atoms with E-state index in [0.29, 0.717) is 5.56 Å². The van der Waals surface area contributed by atoms with Gasteiger partial charge in [-0.1, -0.05) is 30.3 Å². The van der Waals surface area contributed by atoms with Gasteiger partial charge < -0.3 is 9.32 Å². The number of aryl methyl sites for hydroxylation is 1. The smallest absolute Gasteiger partial charge is 0.159 e. The summed E-state index contributed by atoms with van der Waals surface area (Å²) < 4.78 is 6.21. The van der Waals surface area contributed by atoms with Gasteiger partial charge in [-0.2, -0.15) is 5.26 Å². The van der Waals surface area contributed by atoms with Gasteiger partial charge in [-0.15, -0.1) is 0 Å². The second-order valence-corrected chi connectivity index (χ2v) is 5.93. The van der Waals surface area contributed by atoms with Crippen LogP contribution in [-0.4, -0.2) is 7.05 Å².